The summed E-state index contributed by atoms with van der Waals surface area (Å²) in [5.74, 6) is 2.17. The van der Waals surface area contributed by atoms with Gasteiger partial charge in [0.25, 0.3) is 0 Å². The van der Waals surface area contributed by atoms with Crippen LogP contribution in [-0.4, -0.2) is 62.7 Å². The van der Waals surface area contributed by atoms with Crippen LogP contribution >= 0.6 is 0 Å². The van der Waals surface area contributed by atoms with Gasteiger partial charge < -0.3 is 19.3 Å². The largest absolute Gasteiger partial charge is 0.493 e. The number of nitrogens with zero attached hydrogens (tertiary/aromatic N) is 2. The molecule has 0 radical (unpaired) electrons. The fraction of sp³-hybridized carbons (Fsp3) is 0.611. The molecule has 1 amide bonds. The molecule has 23 heavy (non-hydrogen) atoms. The van der Waals surface area contributed by atoms with E-state index in [0.29, 0.717) is 18.6 Å². The maximum Gasteiger partial charge on any atom is 0.229 e. The summed E-state index contributed by atoms with van der Waals surface area (Å²) in [6, 6.07) is 6.31. The Morgan fingerprint density at radius 1 is 1.35 bits per heavy atom. The highest BCUT2D eigenvalue weighted by molar-refractivity contribution is 5.80. The molecule has 1 fully saturated rings. The Morgan fingerprint density at radius 2 is 2.13 bits per heavy atom. The molecule has 2 aliphatic heterocycles. The van der Waals surface area contributed by atoms with Crippen LogP contribution in [0.4, 0.5) is 0 Å². The lowest BCUT2D eigenvalue weighted by Gasteiger charge is -2.29. The molecular weight excluding hydrogens is 292 g/mol. The molecule has 3 rings (SSSR count). The van der Waals surface area contributed by atoms with Crippen LogP contribution in [0.15, 0.2) is 18.2 Å². The number of likely N-dealkylation sites (N-methyl/N-ethyl adjacent to an activating group) is 1. The summed E-state index contributed by atoms with van der Waals surface area (Å²) >= 11 is 0. The predicted octanol–water partition coefficient (Wildman–Crippen LogP) is 1.65. The summed E-state index contributed by atoms with van der Waals surface area (Å²) in [7, 11) is 5.81. The van der Waals surface area contributed by atoms with Gasteiger partial charge in [0.05, 0.1) is 13.0 Å². The molecule has 0 bridgehead atoms. The van der Waals surface area contributed by atoms with Crippen LogP contribution < -0.4 is 9.47 Å². The quantitative estimate of drug-likeness (QED) is 0.850. The molecule has 3 atom stereocenters. The number of benzene rings is 1. The maximum absolute atomic E-state index is 12.9. The van der Waals surface area contributed by atoms with E-state index < -0.39 is 0 Å². The molecule has 5 nitrogen and oxygen atoms in total. The van der Waals surface area contributed by atoms with Gasteiger partial charge >= 0.3 is 0 Å². The fourth-order valence-electron chi connectivity index (χ4n) is 3.77. The summed E-state index contributed by atoms with van der Waals surface area (Å²) < 4.78 is 11.2. The van der Waals surface area contributed by atoms with E-state index in [1.807, 2.05) is 23.1 Å². The molecule has 0 N–H and O–H groups in total. The predicted molar refractivity (Wildman–Crippen MR) is 88.9 cm³/mol. The maximum atomic E-state index is 12.9. The highest BCUT2D eigenvalue weighted by Crippen LogP contribution is 2.36. The SMILES string of the molecule is COc1cccc2c1OC[C@H](C(=O)N1C[C@@H](C)[C@@H](N(C)C)C1)C2. The van der Waals surface area contributed by atoms with Crippen molar-refractivity contribution >= 4 is 5.91 Å². The van der Waals surface area contributed by atoms with Crippen molar-refractivity contribution in [1.82, 2.24) is 9.80 Å². The first-order chi connectivity index (χ1) is 11.0. The van der Waals surface area contributed by atoms with Gasteiger partial charge in [-0.05, 0) is 38.1 Å². The minimum atomic E-state index is -0.0947. The summed E-state index contributed by atoms with van der Waals surface area (Å²) in [6.45, 7) is 4.30. The Morgan fingerprint density at radius 3 is 2.78 bits per heavy atom. The van der Waals surface area contributed by atoms with Gasteiger partial charge in [-0.1, -0.05) is 19.1 Å². The van der Waals surface area contributed by atoms with Crippen LogP contribution in [0, 0.1) is 11.8 Å². The number of carbonyl (C=O) groups excluding carboxylic acids is 1. The number of hydrogen-bond acceptors (Lipinski definition) is 4. The average Bonchev–Trinajstić information content (AvgIpc) is 2.95. The third kappa shape index (κ3) is 3.02. The van der Waals surface area contributed by atoms with Crippen molar-refractivity contribution in [2.75, 3.05) is 40.9 Å². The molecule has 0 saturated carbocycles. The minimum Gasteiger partial charge on any atom is -0.493 e. The van der Waals surface area contributed by atoms with E-state index in [1.54, 1.807) is 7.11 Å². The Balaban J connectivity index is 1.70. The van der Waals surface area contributed by atoms with Crippen molar-refractivity contribution in [2.24, 2.45) is 11.8 Å². The van der Waals surface area contributed by atoms with E-state index in [0.717, 1.165) is 36.6 Å². The van der Waals surface area contributed by atoms with E-state index in [-0.39, 0.29) is 11.8 Å². The first-order valence-electron chi connectivity index (χ1n) is 8.25. The van der Waals surface area contributed by atoms with E-state index in [1.165, 1.54) is 0 Å². The number of amides is 1. The summed E-state index contributed by atoms with van der Waals surface area (Å²) in [5, 5.41) is 0. The number of ether oxygens (including phenoxy) is 2. The van der Waals surface area contributed by atoms with E-state index >= 15 is 0 Å². The molecule has 1 aromatic carbocycles. The molecule has 2 heterocycles. The first-order valence-corrected chi connectivity index (χ1v) is 8.25. The number of rotatable bonds is 3. The monoisotopic (exact) mass is 318 g/mol. The summed E-state index contributed by atoms with van der Waals surface area (Å²) in [6.07, 6.45) is 0.725. The fourth-order valence-corrected chi connectivity index (χ4v) is 3.77. The number of methoxy groups -OCH3 is 1. The van der Waals surface area contributed by atoms with Gasteiger partial charge in [-0.3, -0.25) is 4.79 Å². The zero-order chi connectivity index (χ0) is 16.6. The molecule has 2 aliphatic rings. The second-order valence-corrected chi connectivity index (χ2v) is 6.91. The van der Waals surface area contributed by atoms with Crippen LogP contribution in [0.25, 0.3) is 0 Å². The van der Waals surface area contributed by atoms with E-state index in [2.05, 4.69) is 25.9 Å². The van der Waals surface area contributed by atoms with Crippen LogP contribution in [0.3, 0.4) is 0 Å². The Kier molecular flexibility index (Phi) is 4.48. The van der Waals surface area contributed by atoms with Gasteiger partial charge in [0.1, 0.15) is 6.61 Å². The second-order valence-electron chi connectivity index (χ2n) is 6.91. The van der Waals surface area contributed by atoms with Crippen molar-refractivity contribution in [1.29, 1.82) is 0 Å². The standard InChI is InChI=1S/C18H26N2O3/c1-12-9-20(10-15(12)19(2)3)18(21)14-8-13-6-5-7-16(22-4)17(13)23-11-14/h5-7,12,14-15H,8-11H2,1-4H3/t12-,14-,15+/m1/s1. The highest BCUT2D eigenvalue weighted by atomic mass is 16.5. The average molecular weight is 318 g/mol. The Hall–Kier alpha value is -1.75. The van der Waals surface area contributed by atoms with Crippen LogP contribution in [0.1, 0.15) is 12.5 Å². The number of carbonyl (C=O) groups is 1. The number of para-hydroxylation sites is 1. The molecule has 0 aliphatic carbocycles. The van der Waals surface area contributed by atoms with Gasteiger partial charge in [0.2, 0.25) is 5.91 Å². The van der Waals surface area contributed by atoms with Crippen LogP contribution in [0.5, 0.6) is 11.5 Å². The lowest BCUT2D eigenvalue weighted by Crippen LogP contribution is -2.41. The zero-order valence-corrected chi connectivity index (χ0v) is 14.4. The van der Waals surface area contributed by atoms with Crippen molar-refractivity contribution in [3.8, 4) is 11.5 Å². The number of hydrogen-bond donors (Lipinski definition) is 0. The van der Waals surface area contributed by atoms with Gasteiger partial charge in [0.15, 0.2) is 11.5 Å². The molecule has 0 spiro atoms. The smallest absolute Gasteiger partial charge is 0.229 e. The minimum absolute atomic E-state index is 0.0947. The van der Waals surface area contributed by atoms with Gasteiger partial charge in [0, 0.05) is 19.1 Å². The summed E-state index contributed by atoms with van der Waals surface area (Å²) in [4.78, 5) is 17.1. The third-order valence-electron chi connectivity index (χ3n) is 5.07. The van der Waals surface area contributed by atoms with Crippen molar-refractivity contribution < 1.29 is 14.3 Å². The number of fused-ring (bicyclic) bond motifs is 1. The Labute approximate surface area is 138 Å². The molecule has 1 saturated heterocycles. The lowest BCUT2D eigenvalue weighted by atomic mass is 9.95. The summed E-state index contributed by atoms with van der Waals surface area (Å²) in [5.41, 5.74) is 1.06. The first kappa shape index (κ1) is 16.1. The zero-order valence-electron chi connectivity index (χ0n) is 14.4. The topological polar surface area (TPSA) is 42.0 Å². The van der Waals surface area contributed by atoms with Crippen molar-refractivity contribution in [3.05, 3.63) is 23.8 Å². The molecule has 126 valence electrons. The van der Waals surface area contributed by atoms with E-state index in [9.17, 15) is 4.79 Å². The van der Waals surface area contributed by atoms with E-state index in [4.69, 9.17) is 9.47 Å². The highest BCUT2D eigenvalue weighted by Gasteiger charge is 2.38. The van der Waals surface area contributed by atoms with Crippen molar-refractivity contribution in [3.63, 3.8) is 0 Å². The van der Waals surface area contributed by atoms with Gasteiger partial charge in [-0.15, -0.1) is 0 Å². The van der Waals surface area contributed by atoms with Gasteiger partial charge in [-0.2, -0.15) is 0 Å². The number of likely N-dealkylation sites (tertiary alicyclic amines) is 1. The normalized spacial score (nSPS) is 26.8. The Bertz CT molecular complexity index is 588. The molecule has 1 aromatic rings. The lowest BCUT2D eigenvalue weighted by molar-refractivity contribution is -0.136. The van der Waals surface area contributed by atoms with Gasteiger partial charge in [-0.25, -0.2) is 0 Å². The second kappa shape index (κ2) is 6.40. The molecular formula is C18H26N2O3. The third-order valence-corrected chi connectivity index (χ3v) is 5.07. The van der Waals surface area contributed by atoms with Crippen LogP contribution in [0.2, 0.25) is 0 Å². The van der Waals surface area contributed by atoms with Crippen LogP contribution in [-0.2, 0) is 11.2 Å². The molecule has 0 aromatic heterocycles. The van der Waals surface area contributed by atoms with Crippen molar-refractivity contribution in [2.45, 2.75) is 19.4 Å². The molecule has 5 heteroatoms. The molecule has 0 unspecified atom stereocenters.